The molecule has 6 nitrogen and oxygen atoms in total. The van der Waals surface area contributed by atoms with Gasteiger partial charge in [0.1, 0.15) is 0 Å². The fraction of sp³-hybridized carbons (Fsp3) is 1.00. The molecule has 0 aromatic rings. The first kappa shape index (κ1) is 14.4. The van der Waals surface area contributed by atoms with E-state index in [4.69, 9.17) is 9.11 Å². The first-order chi connectivity index (χ1) is 3.71. The third-order valence-corrected chi connectivity index (χ3v) is 2.68. The number of rotatable bonds is 2. The van der Waals surface area contributed by atoms with Crippen molar-refractivity contribution in [3.8, 4) is 0 Å². The van der Waals surface area contributed by atoms with Gasteiger partial charge in [0.25, 0.3) is 20.2 Å². The Morgan fingerprint density at radius 1 is 1.00 bits per heavy atom. The molecular formula is CH5CsO6S2. The van der Waals surface area contributed by atoms with Crippen LogP contribution >= 0.6 is 0 Å². The molecule has 0 saturated heterocycles. The zero-order valence-corrected chi connectivity index (χ0v) is 13.0. The van der Waals surface area contributed by atoms with E-state index in [9.17, 15) is 16.8 Å². The minimum Gasteiger partial charge on any atom is -1.00 e. The molecule has 9 heteroatoms. The Morgan fingerprint density at radius 3 is 1.20 bits per heavy atom. The first-order valence-electron chi connectivity index (χ1n) is 1.61. The Morgan fingerprint density at radius 2 is 1.20 bits per heavy atom. The van der Waals surface area contributed by atoms with E-state index in [0.29, 0.717) is 0 Å². The molecule has 0 radical (unpaired) electrons. The van der Waals surface area contributed by atoms with Crippen LogP contribution in [0.15, 0.2) is 0 Å². The average Bonchev–Trinajstić information content (AvgIpc) is 1.14. The average molecular weight is 310 g/mol. The summed E-state index contributed by atoms with van der Waals surface area (Å²) < 4.78 is 54.2. The smallest absolute Gasteiger partial charge is 1.00 e. The van der Waals surface area contributed by atoms with Crippen LogP contribution < -0.4 is 68.9 Å². The quantitative estimate of drug-likeness (QED) is 0.501. The largest absolute Gasteiger partial charge is 1.00 e. The van der Waals surface area contributed by atoms with Gasteiger partial charge in [0, 0.05) is 0 Å². The molecule has 0 unspecified atom stereocenters. The molecule has 58 valence electrons. The van der Waals surface area contributed by atoms with Gasteiger partial charge < -0.3 is 1.43 Å². The summed E-state index contributed by atoms with van der Waals surface area (Å²) in [7, 11) is -9.24. The van der Waals surface area contributed by atoms with Crippen molar-refractivity contribution in [1.82, 2.24) is 0 Å². The van der Waals surface area contributed by atoms with Crippen molar-refractivity contribution in [2.24, 2.45) is 0 Å². The predicted octanol–water partition coefficient (Wildman–Crippen LogP) is -4.16. The monoisotopic (exact) mass is 310 g/mol. The molecule has 0 aromatic heterocycles. The maximum atomic E-state index is 9.66. The molecule has 0 aliphatic heterocycles. The van der Waals surface area contributed by atoms with Crippen LogP contribution in [-0.4, -0.2) is 31.0 Å². The second kappa shape index (κ2) is 4.79. The van der Waals surface area contributed by atoms with Gasteiger partial charge in [-0.05, 0) is 0 Å². The van der Waals surface area contributed by atoms with Crippen LogP contribution in [0.5, 0.6) is 0 Å². The summed E-state index contributed by atoms with van der Waals surface area (Å²) in [5, 5.41) is -1.65. The third-order valence-electron chi connectivity index (χ3n) is 0.298. The van der Waals surface area contributed by atoms with E-state index >= 15 is 0 Å². The number of hydrogen-bond acceptors (Lipinski definition) is 4. The molecule has 10 heavy (non-hydrogen) atoms. The van der Waals surface area contributed by atoms with Gasteiger partial charge >= 0.3 is 68.9 Å². The van der Waals surface area contributed by atoms with Crippen LogP contribution in [0.1, 0.15) is 1.43 Å². The van der Waals surface area contributed by atoms with Crippen molar-refractivity contribution in [3.05, 3.63) is 0 Å². The standard InChI is InChI=1S/CH4O6S2.Cs.H/c2-8(3,4)1-9(5,6)7;;/h1H2,(H,2,3,4)(H,5,6,7);;/q;+1;-1. The molecule has 0 aliphatic carbocycles. The molecule has 2 N–H and O–H groups in total. The molecule has 0 rings (SSSR count). The predicted molar refractivity (Wildman–Crippen MR) is 29.1 cm³/mol. The summed E-state index contributed by atoms with van der Waals surface area (Å²) >= 11 is 0. The third kappa shape index (κ3) is 12.5. The van der Waals surface area contributed by atoms with E-state index in [2.05, 4.69) is 0 Å². The van der Waals surface area contributed by atoms with Crippen LogP contribution in [0.25, 0.3) is 0 Å². The molecule has 0 spiro atoms. The maximum Gasteiger partial charge on any atom is 1.00 e. The molecule has 0 amide bonds. The molecule has 0 heterocycles. The zero-order chi connectivity index (χ0) is 7.71. The number of hydrogen-bond donors (Lipinski definition) is 2. The van der Waals surface area contributed by atoms with E-state index < -0.39 is 25.3 Å². The zero-order valence-electron chi connectivity index (χ0n) is 6.05. The van der Waals surface area contributed by atoms with Gasteiger partial charge in [-0.15, -0.1) is 0 Å². The molecule has 0 aromatic carbocycles. The van der Waals surface area contributed by atoms with Crippen molar-refractivity contribution in [2.45, 2.75) is 0 Å². The van der Waals surface area contributed by atoms with Gasteiger partial charge in [0.05, 0.1) is 0 Å². The summed E-state index contributed by atoms with van der Waals surface area (Å²) in [6.07, 6.45) is 0. The normalized spacial score (nSPS) is 12.2. The second-order valence-corrected chi connectivity index (χ2v) is 4.55. The van der Waals surface area contributed by atoms with Gasteiger partial charge in [-0.2, -0.15) is 16.8 Å². The van der Waals surface area contributed by atoms with Gasteiger partial charge in [0.15, 0.2) is 0 Å². The van der Waals surface area contributed by atoms with Crippen molar-refractivity contribution in [2.75, 3.05) is 5.08 Å². The minimum atomic E-state index is -4.62. The fourth-order valence-electron chi connectivity index (χ4n) is 0.188. The van der Waals surface area contributed by atoms with Gasteiger partial charge in [-0.3, -0.25) is 9.11 Å². The summed E-state index contributed by atoms with van der Waals surface area (Å²) in [6, 6.07) is 0. The summed E-state index contributed by atoms with van der Waals surface area (Å²) in [4.78, 5) is 0. The molecule has 0 saturated carbocycles. The Hall–Kier alpha value is 1.87. The molecule has 0 bridgehead atoms. The van der Waals surface area contributed by atoms with Crippen LogP contribution in [0.2, 0.25) is 0 Å². The maximum absolute atomic E-state index is 9.66. The van der Waals surface area contributed by atoms with E-state index in [1.807, 2.05) is 0 Å². The van der Waals surface area contributed by atoms with Gasteiger partial charge in [-0.25, -0.2) is 0 Å². The second-order valence-electron chi connectivity index (χ2n) is 1.28. The minimum absolute atomic E-state index is 0. The van der Waals surface area contributed by atoms with E-state index in [1.165, 1.54) is 0 Å². The van der Waals surface area contributed by atoms with Crippen molar-refractivity contribution in [1.29, 1.82) is 0 Å². The summed E-state index contributed by atoms with van der Waals surface area (Å²) in [5.74, 6) is 0. The van der Waals surface area contributed by atoms with Gasteiger partial charge in [0.2, 0.25) is 5.08 Å². The topological polar surface area (TPSA) is 109 Å². The van der Waals surface area contributed by atoms with Crippen LogP contribution in [-0.2, 0) is 20.2 Å². The Bertz CT molecular complexity index is 246. The van der Waals surface area contributed by atoms with Crippen LogP contribution in [0.3, 0.4) is 0 Å². The van der Waals surface area contributed by atoms with Crippen molar-refractivity contribution in [3.63, 3.8) is 0 Å². The van der Waals surface area contributed by atoms with E-state index in [-0.39, 0.29) is 70.3 Å². The SMILES string of the molecule is O=S(=O)(O)CS(=O)(=O)O.[Cs+].[H-]. The van der Waals surface area contributed by atoms with Gasteiger partial charge in [-0.1, -0.05) is 0 Å². The molecule has 0 aliphatic rings. The van der Waals surface area contributed by atoms with Crippen molar-refractivity contribution >= 4 is 20.2 Å². The van der Waals surface area contributed by atoms with Crippen molar-refractivity contribution < 1.29 is 96.3 Å². The van der Waals surface area contributed by atoms with E-state index in [0.717, 1.165) is 0 Å². The Labute approximate surface area is 119 Å². The molecular weight excluding hydrogens is 305 g/mol. The molecule has 0 atom stereocenters. The first-order valence-corrected chi connectivity index (χ1v) is 4.83. The summed E-state index contributed by atoms with van der Waals surface area (Å²) in [6.45, 7) is 0. The van der Waals surface area contributed by atoms with Crippen LogP contribution in [0.4, 0.5) is 0 Å². The van der Waals surface area contributed by atoms with Crippen LogP contribution in [0, 0.1) is 0 Å². The summed E-state index contributed by atoms with van der Waals surface area (Å²) in [5.41, 5.74) is 0. The Kier molecular flexibility index (Phi) is 6.90. The fourth-order valence-corrected chi connectivity index (χ4v) is 1.69. The molecule has 0 fully saturated rings. The Balaban J connectivity index is -0.000000320. The van der Waals surface area contributed by atoms with E-state index in [1.54, 1.807) is 0 Å².